The quantitative estimate of drug-likeness (QED) is 0.444. The molecule has 6 nitrogen and oxygen atoms in total. The van der Waals surface area contributed by atoms with E-state index in [4.69, 9.17) is 9.47 Å². The molecule has 1 amide bonds. The van der Waals surface area contributed by atoms with Gasteiger partial charge in [0.2, 0.25) is 0 Å². The lowest BCUT2D eigenvalue weighted by atomic mass is 10.2. The summed E-state index contributed by atoms with van der Waals surface area (Å²) in [4.78, 5) is 12.4. The number of hydrogen-bond donors (Lipinski definition) is 2. The van der Waals surface area contributed by atoms with Crippen LogP contribution in [0.25, 0.3) is 0 Å². The monoisotopic (exact) mass is 385 g/mol. The van der Waals surface area contributed by atoms with E-state index in [-0.39, 0.29) is 5.57 Å². The smallest absolute Gasteiger partial charge is 0.267 e. The molecule has 29 heavy (non-hydrogen) atoms. The van der Waals surface area contributed by atoms with Crippen LogP contribution < -0.4 is 20.1 Å². The highest BCUT2D eigenvalue weighted by Gasteiger charge is 2.09. The molecule has 0 aromatic heterocycles. The average molecular weight is 385 g/mol. The minimum atomic E-state index is -0.514. The van der Waals surface area contributed by atoms with Gasteiger partial charge in [0.1, 0.15) is 28.9 Å². The van der Waals surface area contributed by atoms with Crippen LogP contribution in [0.4, 0.5) is 11.4 Å². The van der Waals surface area contributed by atoms with Crippen molar-refractivity contribution in [3.8, 4) is 23.3 Å². The van der Waals surface area contributed by atoms with Gasteiger partial charge in [-0.15, -0.1) is 0 Å². The Hall–Kier alpha value is -4.24. The number of para-hydroxylation sites is 1. The molecule has 0 aliphatic heterocycles. The van der Waals surface area contributed by atoms with Gasteiger partial charge in [-0.25, -0.2) is 0 Å². The van der Waals surface area contributed by atoms with Gasteiger partial charge in [-0.3, -0.25) is 4.79 Å². The van der Waals surface area contributed by atoms with E-state index < -0.39 is 5.91 Å². The summed E-state index contributed by atoms with van der Waals surface area (Å²) >= 11 is 0. The summed E-state index contributed by atoms with van der Waals surface area (Å²) in [5.41, 5.74) is 1.20. The van der Waals surface area contributed by atoms with Gasteiger partial charge in [0, 0.05) is 23.6 Å². The van der Waals surface area contributed by atoms with Crippen LogP contribution in [-0.2, 0) is 4.79 Å². The first-order chi connectivity index (χ1) is 14.2. The summed E-state index contributed by atoms with van der Waals surface area (Å²) in [6.45, 7) is 0. The van der Waals surface area contributed by atoms with Gasteiger partial charge in [-0.05, 0) is 48.5 Å². The number of nitrogens with one attached hydrogen (secondary N) is 2. The number of carbonyl (C=O) groups is 1. The molecule has 0 fully saturated rings. The summed E-state index contributed by atoms with van der Waals surface area (Å²) in [5, 5.41) is 14.9. The molecule has 144 valence electrons. The molecule has 0 bridgehead atoms. The summed E-state index contributed by atoms with van der Waals surface area (Å²) in [6.07, 6.45) is 1.36. The summed E-state index contributed by atoms with van der Waals surface area (Å²) < 4.78 is 10.9. The number of nitrogens with zero attached hydrogens (tertiary/aromatic N) is 1. The molecular formula is C23H19N3O3. The van der Waals surface area contributed by atoms with Crippen LogP contribution in [0, 0.1) is 11.3 Å². The van der Waals surface area contributed by atoms with Crippen LogP contribution in [0.15, 0.2) is 90.6 Å². The molecule has 3 aromatic rings. The van der Waals surface area contributed by atoms with Crippen LogP contribution in [0.1, 0.15) is 0 Å². The SMILES string of the molecule is COc1cccc(N/C=C(/C#N)C(=O)Nc2ccc(Oc3ccccc3)cc2)c1. The van der Waals surface area contributed by atoms with Crippen LogP contribution in [-0.4, -0.2) is 13.0 Å². The Balaban J connectivity index is 1.62. The minimum Gasteiger partial charge on any atom is -0.497 e. The number of amides is 1. The number of carbonyl (C=O) groups excluding carboxylic acids is 1. The number of anilines is 2. The topological polar surface area (TPSA) is 83.4 Å². The van der Waals surface area contributed by atoms with Gasteiger partial charge in [0.25, 0.3) is 5.91 Å². The molecule has 0 unspecified atom stereocenters. The van der Waals surface area contributed by atoms with Gasteiger partial charge in [0.05, 0.1) is 7.11 Å². The van der Waals surface area contributed by atoms with Gasteiger partial charge >= 0.3 is 0 Å². The maximum Gasteiger partial charge on any atom is 0.267 e. The van der Waals surface area contributed by atoms with Crippen molar-refractivity contribution in [3.63, 3.8) is 0 Å². The lowest BCUT2D eigenvalue weighted by molar-refractivity contribution is -0.112. The van der Waals surface area contributed by atoms with E-state index in [1.807, 2.05) is 36.4 Å². The lowest BCUT2D eigenvalue weighted by Gasteiger charge is -2.08. The fourth-order valence-electron chi connectivity index (χ4n) is 2.45. The molecule has 3 aromatic carbocycles. The van der Waals surface area contributed by atoms with Gasteiger partial charge in [0.15, 0.2) is 0 Å². The van der Waals surface area contributed by atoms with Crippen molar-refractivity contribution in [1.29, 1.82) is 5.26 Å². The molecule has 0 saturated heterocycles. The Morgan fingerprint density at radius 1 is 0.897 bits per heavy atom. The number of nitriles is 1. The molecule has 0 atom stereocenters. The van der Waals surface area contributed by atoms with E-state index in [2.05, 4.69) is 10.6 Å². The Bertz CT molecular complexity index is 1040. The van der Waals surface area contributed by atoms with E-state index >= 15 is 0 Å². The minimum absolute atomic E-state index is 0.0579. The largest absolute Gasteiger partial charge is 0.497 e. The maximum atomic E-state index is 12.4. The van der Waals surface area contributed by atoms with Gasteiger partial charge in [-0.2, -0.15) is 5.26 Å². The first-order valence-corrected chi connectivity index (χ1v) is 8.83. The maximum absolute atomic E-state index is 12.4. The highest BCUT2D eigenvalue weighted by Crippen LogP contribution is 2.23. The van der Waals surface area contributed by atoms with Crippen LogP contribution in [0.3, 0.4) is 0 Å². The highest BCUT2D eigenvalue weighted by molar-refractivity contribution is 6.06. The third-order valence-corrected chi connectivity index (χ3v) is 3.91. The van der Waals surface area contributed by atoms with Crippen molar-refractivity contribution < 1.29 is 14.3 Å². The second kappa shape index (κ2) is 9.62. The number of methoxy groups -OCH3 is 1. The molecule has 3 rings (SSSR count). The fraction of sp³-hybridized carbons (Fsp3) is 0.0435. The van der Waals surface area contributed by atoms with Crippen LogP contribution >= 0.6 is 0 Å². The molecule has 0 saturated carbocycles. The molecule has 0 spiro atoms. The number of rotatable bonds is 7. The standard InChI is InChI=1S/C23H19N3O3/c1-28-22-9-5-6-19(14-22)25-16-17(15-24)23(27)26-18-10-12-21(13-11-18)29-20-7-3-2-4-8-20/h2-14,16,25H,1H3,(H,26,27)/b17-16-. The van der Waals surface area contributed by atoms with Crippen molar-refractivity contribution in [2.45, 2.75) is 0 Å². The van der Waals surface area contributed by atoms with Crippen molar-refractivity contribution in [2.75, 3.05) is 17.7 Å². The first-order valence-electron chi connectivity index (χ1n) is 8.83. The Labute approximate surface area is 169 Å². The third-order valence-electron chi connectivity index (χ3n) is 3.91. The van der Waals surface area contributed by atoms with Crippen LogP contribution in [0.5, 0.6) is 17.2 Å². The van der Waals surface area contributed by atoms with E-state index in [0.717, 1.165) is 5.75 Å². The lowest BCUT2D eigenvalue weighted by Crippen LogP contribution is -2.14. The second-order valence-electron chi connectivity index (χ2n) is 5.94. The van der Waals surface area contributed by atoms with E-state index in [0.29, 0.717) is 22.9 Å². The van der Waals surface area contributed by atoms with E-state index in [9.17, 15) is 10.1 Å². The normalized spacial score (nSPS) is 10.6. The van der Waals surface area contributed by atoms with Crippen molar-refractivity contribution in [2.24, 2.45) is 0 Å². The Morgan fingerprint density at radius 2 is 1.59 bits per heavy atom. The van der Waals surface area contributed by atoms with Crippen molar-refractivity contribution in [3.05, 3.63) is 90.6 Å². The highest BCUT2D eigenvalue weighted by atomic mass is 16.5. The molecule has 0 heterocycles. The van der Waals surface area contributed by atoms with Gasteiger partial charge < -0.3 is 20.1 Å². The van der Waals surface area contributed by atoms with Crippen LogP contribution in [0.2, 0.25) is 0 Å². The zero-order chi connectivity index (χ0) is 20.5. The third kappa shape index (κ3) is 5.62. The Morgan fingerprint density at radius 3 is 2.28 bits per heavy atom. The predicted molar refractivity (Wildman–Crippen MR) is 112 cm³/mol. The first kappa shape index (κ1) is 19.5. The molecule has 0 radical (unpaired) electrons. The summed E-state index contributed by atoms with van der Waals surface area (Å²) in [7, 11) is 1.57. The zero-order valence-electron chi connectivity index (χ0n) is 15.8. The van der Waals surface area contributed by atoms with E-state index in [1.165, 1.54) is 6.20 Å². The fourth-order valence-corrected chi connectivity index (χ4v) is 2.45. The number of benzene rings is 3. The van der Waals surface area contributed by atoms with Gasteiger partial charge in [-0.1, -0.05) is 24.3 Å². The molecule has 0 aliphatic rings. The predicted octanol–water partition coefficient (Wildman–Crippen LogP) is 4.95. The zero-order valence-corrected chi connectivity index (χ0v) is 15.8. The van der Waals surface area contributed by atoms with Crippen molar-refractivity contribution in [1.82, 2.24) is 0 Å². The van der Waals surface area contributed by atoms with E-state index in [1.54, 1.807) is 55.6 Å². The second-order valence-corrected chi connectivity index (χ2v) is 5.94. The summed E-state index contributed by atoms with van der Waals surface area (Å²) in [6, 6.07) is 25.4. The summed E-state index contributed by atoms with van der Waals surface area (Å²) in [5.74, 6) is 1.52. The molecule has 0 aliphatic carbocycles. The average Bonchev–Trinajstić information content (AvgIpc) is 2.76. The van der Waals surface area contributed by atoms with Crippen molar-refractivity contribution >= 4 is 17.3 Å². The number of ether oxygens (including phenoxy) is 2. The molecule has 2 N–H and O–H groups in total. The number of hydrogen-bond acceptors (Lipinski definition) is 5. The molecule has 6 heteroatoms. The Kier molecular flexibility index (Phi) is 6.48. The molecular weight excluding hydrogens is 366 g/mol.